The van der Waals surface area contributed by atoms with Gasteiger partial charge in [-0.15, -0.1) is 0 Å². The first-order chi connectivity index (χ1) is 12.4. The lowest BCUT2D eigenvalue weighted by atomic mass is 9.87. The van der Waals surface area contributed by atoms with E-state index in [4.69, 9.17) is 4.74 Å². The summed E-state index contributed by atoms with van der Waals surface area (Å²) in [6.45, 7) is 3.21. The molecule has 1 saturated carbocycles. The van der Waals surface area contributed by atoms with Crippen LogP contribution in [-0.4, -0.2) is 39.6 Å². The number of sulfonamides is 1. The van der Waals surface area contributed by atoms with Crippen LogP contribution in [0, 0.1) is 5.92 Å². The summed E-state index contributed by atoms with van der Waals surface area (Å²) in [4.78, 5) is 12.5. The maximum absolute atomic E-state index is 12.4. The van der Waals surface area contributed by atoms with Crippen molar-refractivity contribution in [3.63, 3.8) is 0 Å². The van der Waals surface area contributed by atoms with E-state index in [-0.39, 0.29) is 29.5 Å². The summed E-state index contributed by atoms with van der Waals surface area (Å²) in [5, 5.41) is 3.06. The van der Waals surface area contributed by atoms with E-state index >= 15 is 0 Å². The van der Waals surface area contributed by atoms with E-state index in [2.05, 4.69) is 17.0 Å². The van der Waals surface area contributed by atoms with Crippen LogP contribution in [0.25, 0.3) is 0 Å². The molecule has 1 amide bonds. The molecule has 2 fully saturated rings. The van der Waals surface area contributed by atoms with Crippen molar-refractivity contribution in [2.45, 2.75) is 62.5 Å². The molecule has 3 rings (SSSR count). The van der Waals surface area contributed by atoms with Crippen molar-refractivity contribution in [3.8, 4) is 0 Å². The number of hydrogen-bond donors (Lipinski definition) is 2. The largest absolute Gasteiger partial charge is 0.377 e. The molecule has 144 valence electrons. The summed E-state index contributed by atoms with van der Waals surface area (Å²) in [6, 6.07) is 6.32. The van der Waals surface area contributed by atoms with Gasteiger partial charge in [0.25, 0.3) is 5.91 Å². The summed E-state index contributed by atoms with van der Waals surface area (Å²) in [7, 11) is -3.59. The highest BCUT2D eigenvalue weighted by Gasteiger charge is 2.22. The van der Waals surface area contributed by atoms with Crippen molar-refractivity contribution in [3.05, 3.63) is 29.8 Å². The number of nitrogens with one attached hydrogen (secondary N) is 2. The molecule has 26 heavy (non-hydrogen) atoms. The SMILES string of the molecule is CC1CCC(NC(=O)c2ccc(S(=O)(=O)NCC3CCCO3)cc2)CC1. The molecule has 1 saturated heterocycles. The van der Waals surface area contributed by atoms with E-state index in [1.807, 2.05) is 0 Å². The van der Waals surface area contributed by atoms with Gasteiger partial charge in [-0.25, -0.2) is 13.1 Å². The van der Waals surface area contributed by atoms with Gasteiger partial charge in [0.1, 0.15) is 0 Å². The molecule has 0 aromatic heterocycles. The highest BCUT2D eigenvalue weighted by Crippen LogP contribution is 2.23. The molecule has 1 aliphatic heterocycles. The zero-order valence-corrected chi connectivity index (χ0v) is 16.1. The van der Waals surface area contributed by atoms with Gasteiger partial charge in [-0.1, -0.05) is 6.92 Å². The van der Waals surface area contributed by atoms with E-state index in [1.54, 1.807) is 12.1 Å². The molecule has 0 spiro atoms. The summed E-state index contributed by atoms with van der Waals surface area (Å²) < 4.78 is 32.7. The predicted octanol–water partition coefficient (Wildman–Crippen LogP) is 2.45. The summed E-state index contributed by atoms with van der Waals surface area (Å²) in [5.41, 5.74) is 0.488. The van der Waals surface area contributed by atoms with Crippen LogP contribution in [-0.2, 0) is 14.8 Å². The number of ether oxygens (including phenoxy) is 1. The van der Waals surface area contributed by atoms with Crippen molar-refractivity contribution < 1.29 is 17.9 Å². The molecule has 1 atom stereocenters. The Morgan fingerprint density at radius 2 is 1.81 bits per heavy atom. The zero-order valence-electron chi connectivity index (χ0n) is 15.2. The standard InChI is InChI=1S/C19H28N2O4S/c1-14-4-8-16(9-5-14)21-19(22)15-6-10-18(11-7-15)26(23,24)20-13-17-3-2-12-25-17/h6-7,10-11,14,16-17,20H,2-5,8-9,12-13H2,1H3,(H,21,22). The molecule has 7 heteroatoms. The van der Waals surface area contributed by atoms with E-state index in [1.165, 1.54) is 12.1 Å². The van der Waals surface area contributed by atoms with Gasteiger partial charge >= 0.3 is 0 Å². The second kappa shape index (κ2) is 8.50. The predicted molar refractivity (Wildman–Crippen MR) is 99.5 cm³/mol. The van der Waals surface area contributed by atoms with Crippen molar-refractivity contribution in [1.82, 2.24) is 10.0 Å². The van der Waals surface area contributed by atoms with Gasteiger partial charge in [0.2, 0.25) is 10.0 Å². The number of hydrogen-bond acceptors (Lipinski definition) is 4. The number of carbonyl (C=O) groups excluding carboxylic acids is 1. The van der Waals surface area contributed by atoms with Crippen LogP contribution in [0.4, 0.5) is 0 Å². The minimum absolute atomic E-state index is 0.0481. The first-order valence-electron chi connectivity index (χ1n) is 9.46. The highest BCUT2D eigenvalue weighted by atomic mass is 32.2. The van der Waals surface area contributed by atoms with E-state index in [0.717, 1.165) is 44.4 Å². The molecule has 1 heterocycles. The molecule has 1 unspecified atom stereocenters. The second-order valence-electron chi connectivity index (χ2n) is 7.44. The third-order valence-corrected chi connectivity index (χ3v) is 6.74. The topological polar surface area (TPSA) is 84.5 Å². The monoisotopic (exact) mass is 380 g/mol. The van der Waals surface area contributed by atoms with Gasteiger partial charge in [0.15, 0.2) is 0 Å². The molecule has 2 aliphatic rings. The van der Waals surface area contributed by atoms with Gasteiger partial charge < -0.3 is 10.1 Å². The van der Waals surface area contributed by atoms with E-state index in [9.17, 15) is 13.2 Å². The Hall–Kier alpha value is -1.44. The lowest BCUT2D eigenvalue weighted by Crippen LogP contribution is -2.37. The van der Waals surface area contributed by atoms with Crippen LogP contribution in [0.15, 0.2) is 29.2 Å². The van der Waals surface area contributed by atoms with Crippen molar-refractivity contribution in [2.75, 3.05) is 13.2 Å². The smallest absolute Gasteiger partial charge is 0.251 e. The summed E-state index contributed by atoms with van der Waals surface area (Å²) >= 11 is 0. The molecule has 6 nitrogen and oxygen atoms in total. The number of benzene rings is 1. The quantitative estimate of drug-likeness (QED) is 0.794. The Bertz CT molecular complexity index is 704. The molecule has 0 bridgehead atoms. The Labute approximate surface area is 155 Å². The highest BCUT2D eigenvalue weighted by molar-refractivity contribution is 7.89. The summed E-state index contributed by atoms with van der Waals surface area (Å²) in [6.07, 6.45) is 6.08. The van der Waals surface area contributed by atoms with Crippen molar-refractivity contribution in [1.29, 1.82) is 0 Å². The molecule has 1 aromatic rings. The van der Waals surface area contributed by atoms with Gasteiger partial charge in [-0.05, 0) is 68.7 Å². The van der Waals surface area contributed by atoms with Crippen LogP contribution in [0.3, 0.4) is 0 Å². The molecular weight excluding hydrogens is 352 g/mol. The Kier molecular flexibility index (Phi) is 6.32. The third-order valence-electron chi connectivity index (χ3n) is 5.30. The first kappa shape index (κ1) is 19.3. The van der Waals surface area contributed by atoms with Gasteiger partial charge in [-0.2, -0.15) is 0 Å². The van der Waals surface area contributed by atoms with Gasteiger partial charge in [0.05, 0.1) is 11.0 Å². The first-order valence-corrected chi connectivity index (χ1v) is 10.9. The summed E-state index contributed by atoms with van der Waals surface area (Å²) in [5.74, 6) is 0.593. The van der Waals surface area contributed by atoms with Crippen molar-refractivity contribution >= 4 is 15.9 Å². The molecule has 0 radical (unpaired) electrons. The van der Waals surface area contributed by atoms with Crippen LogP contribution >= 0.6 is 0 Å². The Morgan fingerprint density at radius 1 is 1.12 bits per heavy atom. The number of rotatable bonds is 6. The van der Waals surface area contributed by atoms with Crippen LogP contribution in [0.1, 0.15) is 55.8 Å². The fourth-order valence-corrected chi connectivity index (χ4v) is 4.62. The van der Waals surface area contributed by atoms with Crippen LogP contribution in [0.5, 0.6) is 0 Å². The molecular formula is C19H28N2O4S. The van der Waals surface area contributed by atoms with E-state index in [0.29, 0.717) is 12.2 Å². The Morgan fingerprint density at radius 3 is 2.42 bits per heavy atom. The van der Waals surface area contributed by atoms with Crippen molar-refractivity contribution in [2.24, 2.45) is 5.92 Å². The fraction of sp³-hybridized carbons (Fsp3) is 0.632. The normalized spacial score (nSPS) is 26.6. The minimum atomic E-state index is -3.59. The minimum Gasteiger partial charge on any atom is -0.377 e. The molecule has 1 aromatic carbocycles. The van der Waals surface area contributed by atoms with Crippen LogP contribution in [0.2, 0.25) is 0 Å². The fourth-order valence-electron chi connectivity index (χ4n) is 3.55. The Balaban J connectivity index is 1.55. The number of carbonyl (C=O) groups is 1. The lowest BCUT2D eigenvalue weighted by molar-refractivity contribution is 0.0923. The van der Waals surface area contributed by atoms with E-state index < -0.39 is 10.0 Å². The third kappa shape index (κ3) is 5.05. The maximum Gasteiger partial charge on any atom is 0.251 e. The second-order valence-corrected chi connectivity index (χ2v) is 9.21. The number of amides is 1. The average molecular weight is 381 g/mol. The molecule has 2 N–H and O–H groups in total. The molecule has 1 aliphatic carbocycles. The average Bonchev–Trinajstić information content (AvgIpc) is 3.16. The maximum atomic E-state index is 12.4. The van der Waals surface area contributed by atoms with Gasteiger partial charge in [-0.3, -0.25) is 4.79 Å². The van der Waals surface area contributed by atoms with Gasteiger partial charge in [0, 0.05) is 24.8 Å². The van der Waals surface area contributed by atoms with Crippen LogP contribution < -0.4 is 10.0 Å². The zero-order chi connectivity index (χ0) is 18.6. The lowest BCUT2D eigenvalue weighted by Gasteiger charge is -2.26.